The summed E-state index contributed by atoms with van der Waals surface area (Å²) >= 11 is 6.17. The maximum atomic E-state index is 10.6. The third kappa shape index (κ3) is 3.65. The number of halogens is 1. The van der Waals surface area contributed by atoms with Crippen LogP contribution in [0.5, 0.6) is 0 Å². The van der Waals surface area contributed by atoms with Crippen LogP contribution in [0.15, 0.2) is 48.5 Å². The van der Waals surface area contributed by atoms with E-state index >= 15 is 0 Å². The van der Waals surface area contributed by atoms with E-state index in [0.29, 0.717) is 17.5 Å². The lowest BCUT2D eigenvalue weighted by Crippen LogP contribution is -2.20. The van der Waals surface area contributed by atoms with Gasteiger partial charge in [0.05, 0.1) is 6.10 Å². The molecular formula is C18H22ClNO. The standard InChI is InChI=1S/C18H22ClNO/c1-12(2)13-7-9-14(10-8-13)16(11-20)18(21)15-5-3-4-6-17(15)19/h3-10,12,16,18,21H,11,20H2,1-2H3. The van der Waals surface area contributed by atoms with Crippen LogP contribution in [0.25, 0.3) is 0 Å². The van der Waals surface area contributed by atoms with E-state index in [2.05, 4.69) is 26.0 Å². The van der Waals surface area contributed by atoms with Crippen LogP contribution in [-0.4, -0.2) is 11.7 Å². The third-order valence-corrected chi connectivity index (χ3v) is 4.23. The number of nitrogens with two attached hydrogens (primary N) is 1. The summed E-state index contributed by atoms with van der Waals surface area (Å²) in [5, 5.41) is 11.2. The number of rotatable bonds is 5. The molecule has 0 fully saturated rings. The molecule has 0 spiro atoms. The molecule has 0 aliphatic carbocycles. The van der Waals surface area contributed by atoms with Gasteiger partial charge in [-0.05, 0) is 28.7 Å². The Morgan fingerprint density at radius 3 is 2.10 bits per heavy atom. The molecule has 2 nitrogen and oxygen atoms in total. The van der Waals surface area contributed by atoms with Gasteiger partial charge in [-0.25, -0.2) is 0 Å². The first kappa shape index (κ1) is 16.0. The molecule has 2 atom stereocenters. The third-order valence-electron chi connectivity index (χ3n) is 3.89. The van der Waals surface area contributed by atoms with Gasteiger partial charge < -0.3 is 10.8 Å². The molecule has 2 unspecified atom stereocenters. The van der Waals surface area contributed by atoms with Gasteiger partial charge in [-0.2, -0.15) is 0 Å². The van der Waals surface area contributed by atoms with E-state index < -0.39 is 6.10 Å². The lowest BCUT2D eigenvalue weighted by atomic mass is 9.88. The molecule has 0 bridgehead atoms. The van der Waals surface area contributed by atoms with Gasteiger partial charge in [-0.3, -0.25) is 0 Å². The number of hydrogen-bond acceptors (Lipinski definition) is 2. The molecule has 21 heavy (non-hydrogen) atoms. The Bertz CT molecular complexity index is 580. The first-order valence-electron chi connectivity index (χ1n) is 7.27. The number of aliphatic hydroxyl groups is 1. The monoisotopic (exact) mass is 303 g/mol. The molecule has 3 heteroatoms. The molecule has 112 valence electrons. The molecule has 0 saturated carbocycles. The topological polar surface area (TPSA) is 46.2 Å². The van der Waals surface area contributed by atoms with Crippen LogP contribution in [0.3, 0.4) is 0 Å². The molecule has 2 aromatic rings. The summed E-state index contributed by atoms with van der Waals surface area (Å²) in [4.78, 5) is 0. The van der Waals surface area contributed by atoms with Crippen LogP contribution in [0.2, 0.25) is 5.02 Å². The highest BCUT2D eigenvalue weighted by Crippen LogP contribution is 2.34. The Labute approximate surface area is 131 Å². The normalized spacial score (nSPS) is 14.2. The maximum absolute atomic E-state index is 10.6. The molecule has 0 amide bonds. The van der Waals surface area contributed by atoms with Crippen molar-refractivity contribution in [1.29, 1.82) is 0 Å². The minimum Gasteiger partial charge on any atom is -0.388 e. The molecule has 0 radical (unpaired) electrons. The van der Waals surface area contributed by atoms with Crippen molar-refractivity contribution in [1.82, 2.24) is 0 Å². The van der Waals surface area contributed by atoms with Gasteiger partial charge in [0.1, 0.15) is 0 Å². The summed E-state index contributed by atoms with van der Waals surface area (Å²) in [6.07, 6.45) is -0.700. The van der Waals surface area contributed by atoms with E-state index in [1.807, 2.05) is 30.3 Å². The van der Waals surface area contributed by atoms with Crippen molar-refractivity contribution in [2.45, 2.75) is 31.8 Å². The van der Waals surface area contributed by atoms with Crippen LogP contribution in [0, 0.1) is 0 Å². The SMILES string of the molecule is CC(C)c1ccc(C(CN)C(O)c2ccccc2Cl)cc1. The highest BCUT2D eigenvalue weighted by molar-refractivity contribution is 6.31. The zero-order valence-corrected chi connectivity index (χ0v) is 13.2. The van der Waals surface area contributed by atoms with Crippen molar-refractivity contribution in [2.24, 2.45) is 5.73 Å². The first-order chi connectivity index (χ1) is 10.0. The largest absolute Gasteiger partial charge is 0.388 e. The van der Waals surface area contributed by atoms with Crippen LogP contribution in [0.4, 0.5) is 0 Å². The van der Waals surface area contributed by atoms with E-state index in [1.54, 1.807) is 6.07 Å². The lowest BCUT2D eigenvalue weighted by molar-refractivity contribution is 0.147. The van der Waals surface area contributed by atoms with Gasteiger partial charge in [0, 0.05) is 17.5 Å². The summed E-state index contributed by atoms with van der Waals surface area (Å²) in [6, 6.07) is 15.7. The van der Waals surface area contributed by atoms with Crippen molar-refractivity contribution in [3.8, 4) is 0 Å². The minimum absolute atomic E-state index is 0.161. The number of aliphatic hydroxyl groups excluding tert-OH is 1. The Hall–Kier alpha value is -1.35. The molecule has 2 rings (SSSR count). The van der Waals surface area contributed by atoms with Gasteiger partial charge >= 0.3 is 0 Å². The summed E-state index contributed by atoms with van der Waals surface area (Å²) in [5.41, 5.74) is 8.93. The average Bonchev–Trinajstić information content (AvgIpc) is 2.49. The Kier molecular flexibility index (Phi) is 5.40. The fourth-order valence-electron chi connectivity index (χ4n) is 2.51. The smallest absolute Gasteiger partial charge is 0.0885 e. The van der Waals surface area contributed by atoms with Gasteiger partial charge in [-0.15, -0.1) is 0 Å². The van der Waals surface area contributed by atoms with Crippen LogP contribution in [0.1, 0.15) is 48.5 Å². The number of benzene rings is 2. The van der Waals surface area contributed by atoms with E-state index in [0.717, 1.165) is 11.1 Å². The van der Waals surface area contributed by atoms with Crippen molar-refractivity contribution < 1.29 is 5.11 Å². The molecule has 0 heterocycles. The second-order valence-corrected chi connectivity index (χ2v) is 6.04. The summed E-state index contributed by atoms with van der Waals surface area (Å²) in [6.45, 7) is 4.69. The molecule has 3 N–H and O–H groups in total. The minimum atomic E-state index is -0.700. The predicted molar refractivity (Wildman–Crippen MR) is 88.7 cm³/mol. The highest BCUT2D eigenvalue weighted by atomic mass is 35.5. The fraction of sp³-hybridized carbons (Fsp3) is 0.333. The second-order valence-electron chi connectivity index (χ2n) is 5.63. The van der Waals surface area contributed by atoms with E-state index in [1.165, 1.54) is 5.56 Å². The fourth-order valence-corrected chi connectivity index (χ4v) is 2.75. The van der Waals surface area contributed by atoms with Gasteiger partial charge in [0.25, 0.3) is 0 Å². The van der Waals surface area contributed by atoms with Gasteiger partial charge in [0.15, 0.2) is 0 Å². The zero-order valence-electron chi connectivity index (χ0n) is 12.5. The van der Waals surface area contributed by atoms with Gasteiger partial charge in [0.2, 0.25) is 0 Å². The van der Waals surface area contributed by atoms with Gasteiger partial charge in [-0.1, -0.05) is 67.9 Å². The lowest BCUT2D eigenvalue weighted by Gasteiger charge is -2.23. The van der Waals surface area contributed by atoms with E-state index in [9.17, 15) is 5.11 Å². The molecule has 0 aliphatic heterocycles. The Balaban J connectivity index is 2.29. The van der Waals surface area contributed by atoms with Crippen molar-refractivity contribution >= 4 is 11.6 Å². The average molecular weight is 304 g/mol. The number of hydrogen-bond donors (Lipinski definition) is 2. The first-order valence-corrected chi connectivity index (χ1v) is 7.64. The second kappa shape index (κ2) is 7.08. The van der Waals surface area contributed by atoms with E-state index in [4.69, 9.17) is 17.3 Å². The molecule has 0 saturated heterocycles. The molecule has 0 aromatic heterocycles. The van der Waals surface area contributed by atoms with Crippen LogP contribution < -0.4 is 5.73 Å². The Morgan fingerprint density at radius 1 is 1.00 bits per heavy atom. The summed E-state index contributed by atoms with van der Waals surface area (Å²) in [5.74, 6) is 0.329. The zero-order chi connectivity index (χ0) is 15.4. The van der Waals surface area contributed by atoms with Crippen LogP contribution >= 0.6 is 11.6 Å². The van der Waals surface area contributed by atoms with Crippen molar-refractivity contribution in [3.05, 3.63) is 70.2 Å². The summed E-state index contributed by atoms with van der Waals surface area (Å²) < 4.78 is 0. The molecular weight excluding hydrogens is 282 g/mol. The Morgan fingerprint density at radius 2 is 1.57 bits per heavy atom. The van der Waals surface area contributed by atoms with E-state index in [-0.39, 0.29) is 5.92 Å². The quantitative estimate of drug-likeness (QED) is 0.868. The predicted octanol–water partition coefficient (Wildman–Crippen LogP) is 4.24. The van der Waals surface area contributed by atoms with Crippen molar-refractivity contribution in [3.63, 3.8) is 0 Å². The maximum Gasteiger partial charge on any atom is 0.0885 e. The van der Waals surface area contributed by atoms with Crippen molar-refractivity contribution in [2.75, 3.05) is 6.54 Å². The van der Waals surface area contributed by atoms with Crippen LogP contribution in [-0.2, 0) is 0 Å². The molecule has 0 aliphatic rings. The summed E-state index contributed by atoms with van der Waals surface area (Å²) in [7, 11) is 0. The molecule has 2 aromatic carbocycles. The highest BCUT2D eigenvalue weighted by Gasteiger charge is 2.23.